The molecule has 3 atom stereocenters. The van der Waals surface area contributed by atoms with Gasteiger partial charge in [-0.1, -0.05) is 18.2 Å². The van der Waals surface area contributed by atoms with Crippen molar-refractivity contribution in [3.8, 4) is 24.0 Å². The van der Waals surface area contributed by atoms with Crippen LogP contribution >= 0.6 is 0 Å². The van der Waals surface area contributed by atoms with E-state index in [1.807, 2.05) is 19.1 Å². The van der Waals surface area contributed by atoms with E-state index in [4.69, 9.17) is 4.74 Å². The number of hydrogen-bond donors (Lipinski definition) is 0. The molecule has 2 aliphatic heterocycles. The van der Waals surface area contributed by atoms with Crippen LogP contribution in [0.25, 0.3) is 0 Å². The van der Waals surface area contributed by atoms with E-state index in [1.54, 1.807) is 35.4 Å². The lowest BCUT2D eigenvalue weighted by Crippen LogP contribution is -2.40. The molecule has 0 N–H and O–H groups in total. The van der Waals surface area contributed by atoms with E-state index in [-0.39, 0.29) is 11.7 Å². The Morgan fingerprint density at radius 3 is 2.45 bits per heavy atom. The number of ketones is 1. The van der Waals surface area contributed by atoms with Gasteiger partial charge in [0.05, 0.1) is 36.4 Å². The molecule has 29 heavy (non-hydrogen) atoms. The predicted octanol–water partition coefficient (Wildman–Crippen LogP) is 3.21. The van der Waals surface area contributed by atoms with E-state index < -0.39 is 23.4 Å². The summed E-state index contributed by atoms with van der Waals surface area (Å²) in [6, 6.07) is 12.6. The first-order valence-electron chi connectivity index (χ1n) is 9.76. The summed E-state index contributed by atoms with van der Waals surface area (Å²) in [5.41, 5.74) is -0.270. The van der Waals surface area contributed by atoms with Gasteiger partial charge in [-0.25, -0.2) is 0 Å². The highest BCUT2D eigenvalue weighted by molar-refractivity contribution is 5.90. The van der Waals surface area contributed by atoms with E-state index >= 15 is 0 Å². The summed E-state index contributed by atoms with van der Waals surface area (Å²) >= 11 is 0. The maximum Gasteiger partial charge on any atom is 0.176 e. The van der Waals surface area contributed by atoms with Crippen LogP contribution in [0.3, 0.4) is 0 Å². The number of nitrogens with zero attached hydrogens (tertiary/aromatic N) is 4. The Bertz CT molecular complexity index is 1000. The van der Waals surface area contributed by atoms with Gasteiger partial charge in [-0.05, 0) is 43.5 Å². The number of carbonyl (C=O) groups excluding carboxylic acids is 1. The lowest BCUT2D eigenvalue weighted by Gasteiger charge is -2.30. The lowest BCUT2D eigenvalue weighted by atomic mass is 9.69. The Labute approximate surface area is 169 Å². The van der Waals surface area contributed by atoms with Gasteiger partial charge in [-0.2, -0.15) is 15.8 Å². The minimum absolute atomic E-state index is 0.0381. The minimum atomic E-state index is -1.43. The van der Waals surface area contributed by atoms with E-state index in [1.165, 1.54) is 0 Å². The van der Waals surface area contributed by atoms with Crippen LogP contribution in [-0.4, -0.2) is 29.4 Å². The number of allylic oxidation sites excluding steroid dienone is 2. The molecule has 0 unspecified atom stereocenters. The van der Waals surface area contributed by atoms with Crippen LogP contribution in [-0.2, 0) is 4.79 Å². The van der Waals surface area contributed by atoms with Crippen LogP contribution in [0.5, 0.6) is 5.75 Å². The third-order valence-electron chi connectivity index (χ3n) is 5.98. The van der Waals surface area contributed by atoms with Crippen molar-refractivity contribution in [3.05, 3.63) is 53.8 Å². The number of fused-ring (bicyclic) bond motifs is 1. The number of ether oxygens (including phenoxy) is 1. The fraction of sp³-hybridized carbons (Fsp3) is 0.391. The molecule has 4 rings (SSSR count). The largest absolute Gasteiger partial charge is 0.494 e. The van der Waals surface area contributed by atoms with Gasteiger partial charge in [0, 0.05) is 18.0 Å². The van der Waals surface area contributed by atoms with Crippen molar-refractivity contribution in [1.29, 1.82) is 15.8 Å². The van der Waals surface area contributed by atoms with Crippen LogP contribution in [0.4, 0.5) is 0 Å². The average Bonchev–Trinajstić information content (AvgIpc) is 3.56. The monoisotopic (exact) mass is 384 g/mol. The maximum absolute atomic E-state index is 13.3. The summed E-state index contributed by atoms with van der Waals surface area (Å²) in [4.78, 5) is 15.1. The molecule has 0 amide bonds. The molecule has 2 fully saturated rings. The molecule has 1 saturated heterocycles. The van der Waals surface area contributed by atoms with Crippen LogP contribution in [0.2, 0.25) is 0 Å². The van der Waals surface area contributed by atoms with Crippen LogP contribution in [0, 0.1) is 45.3 Å². The first-order chi connectivity index (χ1) is 14.1. The van der Waals surface area contributed by atoms with Gasteiger partial charge in [-0.3, -0.25) is 4.79 Å². The summed E-state index contributed by atoms with van der Waals surface area (Å²) in [6.45, 7) is 2.43. The van der Waals surface area contributed by atoms with Crippen molar-refractivity contribution in [2.24, 2.45) is 11.3 Å². The van der Waals surface area contributed by atoms with Crippen molar-refractivity contribution >= 4 is 5.78 Å². The third kappa shape index (κ3) is 2.87. The zero-order valence-electron chi connectivity index (χ0n) is 16.1. The Balaban J connectivity index is 1.87. The normalized spacial score (nSPS) is 26.5. The average molecular weight is 384 g/mol. The van der Waals surface area contributed by atoms with E-state index in [2.05, 4.69) is 18.2 Å². The third-order valence-corrected chi connectivity index (χ3v) is 5.98. The van der Waals surface area contributed by atoms with Crippen molar-refractivity contribution in [2.75, 3.05) is 6.61 Å². The molecule has 1 aromatic rings. The number of nitriles is 3. The number of carbonyl (C=O) groups is 1. The van der Waals surface area contributed by atoms with Gasteiger partial charge in [0.2, 0.25) is 0 Å². The van der Waals surface area contributed by atoms with Crippen molar-refractivity contribution in [2.45, 2.75) is 37.8 Å². The van der Waals surface area contributed by atoms with Crippen LogP contribution in [0.1, 0.15) is 31.2 Å². The summed E-state index contributed by atoms with van der Waals surface area (Å²) < 4.78 is 5.51. The van der Waals surface area contributed by atoms with E-state index in [0.29, 0.717) is 17.9 Å². The number of benzene rings is 1. The predicted molar refractivity (Wildman–Crippen MR) is 104 cm³/mol. The molecule has 0 spiro atoms. The molecule has 3 aliphatic rings. The van der Waals surface area contributed by atoms with Crippen molar-refractivity contribution < 1.29 is 9.53 Å². The molecule has 6 heteroatoms. The van der Waals surface area contributed by atoms with Gasteiger partial charge in [0.25, 0.3) is 0 Å². The quantitative estimate of drug-likeness (QED) is 0.773. The van der Waals surface area contributed by atoms with Gasteiger partial charge in [0.1, 0.15) is 11.8 Å². The standard InChI is InChI=1S/C23H20N4O2/c1-2-29-18-8-6-16(7-9-18)20-21(22(28)17-4-5-17)27-12-15(11-24)3-10-19(27)23(20,13-25)14-26/h3,6-10,12,17,19-21H,2,4-5H2,1H3/t19-,20+,21-/m1/s1. The molecule has 0 radical (unpaired) electrons. The SMILES string of the molecule is CCOc1ccc([C@H]2[C@H](C(=O)C3CC3)N3C=C(C#N)C=C[C@@H]3C2(C#N)C#N)cc1. The van der Waals surface area contributed by atoms with Gasteiger partial charge >= 0.3 is 0 Å². The van der Waals surface area contributed by atoms with Gasteiger partial charge in [0.15, 0.2) is 11.2 Å². The number of Topliss-reactive ketones (excluding diaryl/α,β-unsaturated/α-hetero) is 1. The molecule has 1 saturated carbocycles. The Hall–Kier alpha value is -3.56. The molecular formula is C23H20N4O2. The molecule has 0 aromatic heterocycles. The molecule has 1 aliphatic carbocycles. The Kier molecular flexibility index (Phi) is 4.61. The first-order valence-corrected chi connectivity index (χ1v) is 9.76. The first kappa shape index (κ1) is 18.8. The Morgan fingerprint density at radius 2 is 1.90 bits per heavy atom. The minimum Gasteiger partial charge on any atom is -0.494 e. The molecule has 1 aromatic carbocycles. The van der Waals surface area contributed by atoms with Gasteiger partial charge in [-0.15, -0.1) is 0 Å². The smallest absolute Gasteiger partial charge is 0.176 e. The number of hydrogen-bond acceptors (Lipinski definition) is 6. The topological polar surface area (TPSA) is 101 Å². The summed E-state index contributed by atoms with van der Waals surface area (Å²) in [5.74, 6) is 0.0855. The summed E-state index contributed by atoms with van der Waals surface area (Å²) in [6.07, 6.45) is 6.64. The highest BCUT2D eigenvalue weighted by Crippen LogP contribution is 2.54. The maximum atomic E-state index is 13.3. The molecule has 6 nitrogen and oxygen atoms in total. The zero-order chi connectivity index (χ0) is 20.6. The highest BCUT2D eigenvalue weighted by Gasteiger charge is 2.63. The fourth-order valence-electron chi connectivity index (χ4n) is 4.49. The van der Waals surface area contributed by atoms with E-state index in [0.717, 1.165) is 18.4 Å². The van der Waals surface area contributed by atoms with Gasteiger partial charge < -0.3 is 9.64 Å². The molecular weight excluding hydrogens is 364 g/mol. The van der Waals surface area contributed by atoms with Crippen LogP contribution in [0.15, 0.2) is 48.2 Å². The molecule has 0 bridgehead atoms. The molecule has 2 heterocycles. The highest BCUT2D eigenvalue weighted by atomic mass is 16.5. The van der Waals surface area contributed by atoms with Crippen LogP contribution < -0.4 is 4.74 Å². The summed E-state index contributed by atoms with van der Waals surface area (Å²) in [7, 11) is 0. The second-order valence-corrected chi connectivity index (χ2v) is 7.64. The van der Waals surface area contributed by atoms with E-state index in [9.17, 15) is 20.6 Å². The summed E-state index contributed by atoms with van der Waals surface area (Å²) in [5, 5.41) is 29.6. The Morgan fingerprint density at radius 1 is 1.21 bits per heavy atom. The zero-order valence-corrected chi connectivity index (χ0v) is 16.1. The lowest BCUT2D eigenvalue weighted by molar-refractivity contribution is -0.124. The second-order valence-electron chi connectivity index (χ2n) is 7.64. The molecule has 144 valence electrons. The van der Waals surface area contributed by atoms with Crippen molar-refractivity contribution in [1.82, 2.24) is 4.90 Å². The van der Waals surface area contributed by atoms with Crippen molar-refractivity contribution in [3.63, 3.8) is 0 Å². The fourth-order valence-corrected chi connectivity index (χ4v) is 4.49. The second kappa shape index (κ2) is 7.12. The number of rotatable bonds is 5.